The summed E-state index contributed by atoms with van der Waals surface area (Å²) < 4.78 is 27.9. The lowest BCUT2D eigenvalue weighted by molar-refractivity contribution is 0.562. The van der Waals surface area contributed by atoms with Gasteiger partial charge in [-0.3, -0.25) is 0 Å². The number of hydrogen-bond donors (Lipinski definition) is 1. The van der Waals surface area contributed by atoms with Crippen LogP contribution in [0.1, 0.15) is 16.5 Å². The van der Waals surface area contributed by atoms with E-state index in [0.29, 0.717) is 6.42 Å². The Bertz CT molecular complexity index is 573. The Balaban J connectivity index is 2.23. The van der Waals surface area contributed by atoms with Crippen LogP contribution < -0.4 is 5.73 Å². The Labute approximate surface area is 121 Å². The number of benzene rings is 1. The highest BCUT2D eigenvalue weighted by Crippen LogP contribution is 2.28. The molecule has 0 fully saturated rings. The van der Waals surface area contributed by atoms with Gasteiger partial charge in [-0.05, 0) is 40.2 Å². The summed E-state index contributed by atoms with van der Waals surface area (Å²) in [6.07, 6.45) is 0.453. The van der Waals surface area contributed by atoms with E-state index in [1.165, 1.54) is 11.3 Å². The third-order valence-electron chi connectivity index (χ3n) is 2.49. The number of nitrogens with two attached hydrogens (primary N) is 1. The van der Waals surface area contributed by atoms with E-state index in [4.69, 9.17) is 17.3 Å². The first-order chi connectivity index (χ1) is 8.47. The Kier molecular flexibility index (Phi) is 4.37. The third-order valence-corrected chi connectivity index (χ3v) is 4.42. The summed E-state index contributed by atoms with van der Waals surface area (Å²) in [4.78, 5) is 1.00. The predicted molar refractivity (Wildman–Crippen MR) is 74.0 cm³/mol. The smallest absolute Gasteiger partial charge is 0.142 e. The van der Waals surface area contributed by atoms with Crippen molar-refractivity contribution in [2.24, 2.45) is 5.73 Å². The molecule has 1 aromatic carbocycles. The van der Waals surface area contributed by atoms with E-state index in [9.17, 15) is 8.78 Å². The fourth-order valence-corrected chi connectivity index (χ4v) is 3.30. The summed E-state index contributed by atoms with van der Waals surface area (Å²) in [6.45, 7) is 0. The first-order valence-electron chi connectivity index (χ1n) is 5.11. The molecule has 0 spiro atoms. The molecule has 2 rings (SSSR count). The maximum Gasteiger partial charge on any atom is 0.142 e. The van der Waals surface area contributed by atoms with Gasteiger partial charge in [0.05, 0.1) is 8.81 Å². The second-order valence-corrected chi connectivity index (χ2v) is 6.76. The second-order valence-electron chi connectivity index (χ2n) is 3.80. The Hall–Kier alpha value is -0.490. The lowest BCUT2D eigenvalue weighted by Crippen LogP contribution is -2.15. The first-order valence-corrected chi connectivity index (χ1v) is 7.10. The zero-order valence-electron chi connectivity index (χ0n) is 9.09. The SMILES string of the molecule is NC(Cc1ccc(Br)s1)c1cc(F)c(Cl)cc1F. The molecule has 18 heavy (non-hydrogen) atoms. The highest BCUT2D eigenvalue weighted by atomic mass is 79.9. The third kappa shape index (κ3) is 3.09. The largest absolute Gasteiger partial charge is 0.324 e. The van der Waals surface area contributed by atoms with Crippen LogP contribution in [0.25, 0.3) is 0 Å². The van der Waals surface area contributed by atoms with E-state index >= 15 is 0 Å². The number of thiophene rings is 1. The summed E-state index contributed by atoms with van der Waals surface area (Å²) in [6, 6.07) is 5.22. The molecule has 6 heteroatoms. The van der Waals surface area contributed by atoms with Crippen molar-refractivity contribution >= 4 is 38.9 Å². The number of halogens is 4. The fraction of sp³-hybridized carbons (Fsp3) is 0.167. The minimum absolute atomic E-state index is 0.140. The van der Waals surface area contributed by atoms with E-state index in [0.717, 1.165) is 20.8 Å². The minimum Gasteiger partial charge on any atom is -0.324 e. The van der Waals surface area contributed by atoms with Gasteiger partial charge in [0.25, 0.3) is 0 Å². The molecule has 1 aromatic heterocycles. The van der Waals surface area contributed by atoms with Crippen LogP contribution in [0.15, 0.2) is 28.1 Å². The van der Waals surface area contributed by atoms with Gasteiger partial charge >= 0.3 is 0 Å². The molecular weight excluding hydrogens is 344 g/mol. The van der Waals surface area contributed by atoms with Gasteiger partial charge in [0, 0.05) is 22.9 Å². The van der Waals surface area contributed by atoms with Crippen LogP contribution >= 0.6 is 38.9 Å². The van der Waals surface area contributed by atoms with Gasteiger partial charge in [-0.15, -0.1) is 11.3 Å². The Morgan fingerprint density at radius 1 is 1.28 bits per heavy atom. The van der Waals surface area contributed by atoms with Crippen molar-refractivity contribution in [3.05, 3.63) is 55.1 Å². The van der Waals surface area contributed by atoms with Crippen molar-refractivity contribution in [1.29, 1.82) is 0 Å². The average molecular weight is 353 g/mol. The van der Waals surface area contributed by atoms with Gasteiger partial charge in [-0.25, -0.2) is 8.78 Å². The predicted octanol–water partition coefficient (Wildman–Crippen LogP) is 4.68. The zero-order chi connectivity index (χ0) is 13.3. The van der Waals surface area contributed by atoms with Gasteiger partial charge in [-0.2, -0.15) is 0 Å². The molecule has 1 nitrogen and oxygen atoms in total. The molecule has 96 valence electrons. The van der Waals surface area contributed by atoms with Crippen LogP contribution in [0.5, 0.6) is 0 Å². The van der Waals surface area contributed by atoms with Crippen LogP contribution in [0, 0.1) is 11.6 Å². The first kappa shape index (κ1) is 13.9. The van der Waals surface area contributed by atoms with Gasteiger partial charge < -0.3 is 5.73 Å². The lowest BCUT2D eigenvalue weighted by Gasteiger charge is -2.12. The molecule has 0 saturated heterocycles. The van der Waals surface area contributed by atoms with Crippen LogP contribution in [0.3, 0.4) is 0 Å². The normalized spacial score (nSPS) is 12.7. The van der Waals surface area contributed by atoms with Gasteiger partial charge in [0.15, 0.2) is 0 Å². The van der Waals surface area contributed by atoms with Crippen LogP contribution in [-0.2, 0) is 6.42 Å². The van der Waals surface area contributed by atoms with Crippen molar-refractivity contribution in [2.45, 2.75) is 12.5 Å². The molecule has 0 bridgehead atoms. The molecule has 2 N–H and O–H groups in total. The topological polar surface area (TPSA) is 26.0 Å². The maximum atomic E-state index is 13.7. The van der Waals surface area contributed by atoms with Crippen LogP contribution in [0.2, 0.25) is 5.02 Å². The molecule has 0 aliphatic carbocycles. The van der Waals surface area contributed by atoms with Gasteiger partial charge in [-0.1, -0.05) is 11.6 Å². The maximum absolute atomic E-state index is 13.7. The molecule has 1 unspecified atom stereocenters. The second kappa shape index (κ2) is 5.65. The highest BCUT2D eigenvalue weighted by molar-refractivity contribution is 9.11. The van der Waals surface area contributed by atoms with E-state index in [1.807, 2.05) is 12.1 Å². The molecule has 0 radical (unpaired) electrons. The van der Waals surface area contributed by atoms with E-state index < -0.39 is 17.7 Å². The summed E-state index contributed by atoms with van der Waals surface area (Å²) in [5, 5.41) is -0.234. The molecular formula is C12H9BrClF2NS. The highest BCUT2D eigenvalue weighted by Gasteiger charge is 2.16. The van der Waals surface area contributed by atoms with Crippen molar-refractivity contribution < 1.29 is 8.78 Å². The monoisotopic (exact) mass is 351 g/mol. The van der Waals surface area contributed by atoms with Crippen molar-refractivity contribution in [2.75, 3.05) is 0 Å². The molecule has 0 amide bonds. The average Bonchev–Trinajstić information content (AvgIpc) is 2.69. The summed E-state index contributed by atoms with van der Waals surface area (Å²) in [7, 11) is 0. The minimum atomic E-state index is -0.657. The van der Waals surface area contributed by atoms with E-state index in [1.54, 1.807) is 0 Å². The summed E-state index contributed by atoms with van der Waals surface area (Å²) in [5.41, 5.74) is 6.04. The molecule has 1 heterocycles. The van der Waals surface area contributed by atoms with Crippen LogP contribution in [0.4, 0.5) is 8.78 Å². The van der Waals surface area contributed by atoms with E-state index in [-0.39, 0.29) is 10.6 Å². The van der Waals surface area contributed by atoms with Gasteiger partial charge in [0.2, 0.25) is 0 Å². The van der Waals surface area contributed by atoms with Crippen molar-refractivity contribution in [3.63, 3.8) is 0 Å². The van der Waals surface area contributed by atoms with Crippen molar-refractivity contribution in [1.82, 2.24) is 0 Å². The fourth-order valence-electron chi connectivity index (χ4n) is 1.61. The quantitative estimate of drug-likeness (QED) is 0.797. The molecule has 0 aliphatic heterocycles. The zero-order valence-corrected chi connectivity index (χ0v) is 12.2. The van der Waals surface area contributed by atoms with Gasteiger partial charge in [0.1, 0.15) is 11.6 Å². The number of rotatable bonds is 3. The Morgan fingerprint density at radius 2 is 2.00 bits per heavy atom. The standard InChI is InChI=1S/C12H9BrClF2NS/c13-12-2-1-6(18-12)3-11(17)7-4-10(16)8(14)5-9(7)15/h1-2,4-5,11H,3,17H2. The Morgan fingerprint density at radius 3 is 2.61 bits per heavy atom. The van der Waals surface area contributed by atoms with Crippen LogP contribution in [-0.4, -0.2) is 0 Å². The number of hydrogen-bond acceptors (Lipinski definition) is 2. The summed E-state index contributed by atoms with van der Waals surface area (Å²) in [5.74, 6) is -1.24. The lowest BCUT2D eigenvalue weighted by atomic mass is 10.0. The van der Waals surface area contributed by atoms with E-state index in [2.05, 4.69) is 15.9 Å². The molecule has 2 aromatic rings. The molecule has 1 atom stereocenters. The van der Waals surface area contributed by atoms with Crippen molar-refractivity contribution in [3.8, 4) is 0 Å². The summed E-state index contributed by atoms with van der Waals surface area (Å²) >= 11 is 10.4. The molecule has 0 aliphatic rings. The molecule has 0 saturated carbocycles.